The Balaban J connectivity index is 1.90. The van der Waals surface area contributed by atoms with Gasteiger partial charge >= 0.3 is 0 Å². The zero-order valence-electron chi connectivity index (χ0n) is 13.0. The predicted octanol–water partition coefficient (Wildman–Crippen LogP) is 5.81. The second-order valence-corrected chi connectivity index (χ2v) is 6.06. The predicted molar refractivity (Wildman–Crippen MR) is 102 cm³/mol. The van der Waals surface area contributed by atoms with E-state index in [2.05, 4.69) is 40.6 Å². The molecule has 5 heteroatoms. The van der Waals surface area contributed by atoms with E-state index < -0.39 is 0 Å². The van der Waals surface area contributed by atoms with Crippen molar-refractivity contribution in [3.8, 4) is 11.1 Å². The molecule has 120 valence electrons. The van der Waals surface area contributed by atoms with Gasteiger partial charge in [-0.2, -0.15) is 5.10 Å². The van der Waals surface area contributed by atoms with Crippen LogP contribution >= 0.6 is 23.2 Å². The average molecular weight is 356 g/mol. The van der Waals surface area contributed by atoms with E-state index in [0.29, 0.717) is 15.7 Å². The maximum Gasteiger partial charge on any atom is 0.0965 e. The number of hydrogen-bond donors (Lipinski definition) is 1. The molecule has 1 N–H and O–H groups in total. The summed E-state index contributed by atoms with van der Waals surface area (Å²) in [5.41, 5.74) is 7.94. The van der Waals surface area contributed by atoms with E-state index in [1.807, 2.05) is 30.3 Å². The van der Waals surface area contributed by atoms with Crippen LogP contribution in [0.5, 0.6) is 0 Å². The molecule has 3 nitrogen and oxygen atoms in total. The van der Waals surface area contributed by atoms with Crippen LogP contribution in [0.25, 0.3) is 11.1 Å². The van der Waals surface area contributed by atoms with Crippen LogP contribution in [0.4, 0.5) is 5.69 Å². The Labute approximate surface area is 151 Å². The smallest absolute Gasteiger partial charge is 0.0965 e. The molecule has 0 saturated heterocycles. The molecule has 1 heterocycles. The number of anilines is 1. The fraction of sp³-hybridized carbons (Fsp3) is 0.0526. The zero-order valence-corrected chi connectivity index (χ0v) is 14.5. The lowest BCUT2D eigenvalue weighted by molar-refractivity contribution is 1.28. The molecule has 0 radical (unpaired) electrons. The first-order valence-electron chi connectivity index (χ1n) is 7.40. The first kappa shape index (κ1) is 16.5. The number of nitrogens with zero attached hydrogens (tertiary/aromatic N) is 2. The molecule has 24 heavy (non-hydrogen) atoms. The summed E-state index contributed by atoms with van der Waals surface area (Å²) >= 11 is 12.2. The van der Waals surface area contributed by atoms with Gasteiger partial charge < -0.3 is 0 Å². The molecule has 0 amide bonds. The highest BCUT2D eigenvalue weighted by molar-refractivity contribution is 6.38. The molecule has 0 aliphatic rings. The van der Waals surface area contributed by atoms with Crippen LogP contribution in [0.1, 0.15) is 11.1 Å². The highest BCUT2D eigenvalue weighted by Gasteiger charge is 2.06. The second kappa shape index (κ2) is 7.47. The molecule has 1 aromatic heterocycles. The molecule has 0 unspecified atom stereocenters. The molecule has 3 rings (SSSR count). The molecular formula is C19H15Cl2N3. The number of pyridine rings is 1. The Bertz CT molecular complexity index is 871. The Hall–Kier alpha value is -2.36. The summed E-state index contributed by atoms with van der Waals surface area (Å²) in [6.45, 7) is 2.10. The van der Waals surface area contributed by atoms with Gasteiger partial charge in [-0.25, -0.2) is 0 Å². The molecular weight excluding hydrogens is 341 g/mol. The third-order valence-electron chi connectivity index (χ3n) is 3.63. The summed E-state index contributed by atoms with van der Waals surface area (Å²) in [5.74, 6) is 0. The lowest BCUT2D eigenvalue weighted by atomic mass is 9.97. The molecule has 0 aliphatic heterocycles. The van der Waals surface area contributed by atoms with E-state index in [9.17, 15) is 0 Å². The van der Waals surface area contributed by atoms with Crippen LogP contribution in [0.2, 0.25) is 10.0 Å². The number of halogens is 2. The maximum absolute atomic E-state index is 6.08. The molecule has 2 aromatic carbocycles. The standard InChI is InChI=1S/C19H15Cl2N3/c1-13-6-2-4-8-15(13)16-9-5-3-7-14(16)10-23-24-19-17(20)11-22-12-18(19)21/h2-12H,1H3,(H,22,24)/b23-10+. The van der Waals surface area contributed by atoms with E-state index in [-0.39, 0.29) is 0 Å². The van der Waals surface area contributed by atoms with Gasteiger partial charge in [-0.05, 0) is 23.6 Å². The summed E-state index contributed by atoms with van der Waals surface area (Å²) < 4.78 is 0. The maximum atomic E-state index is 6.08. The molecule has 0 bridgehead atoms. The Morgan fingerprint density at radius 1 is 0.917 bits per heavy atom. The van der Waals surface area contributed by atoms with Crippen molar-refractivity contribution < 1.29 is 0 Å². The first-order valence-corrected chi connectivity index (χ1v) is 8.15. The third-order valence-corrected chi connectivity index (χ3v) is 4.20. The molecule has 0 atom stereocenters. The Morgan fingerprint density at radius 2 is 1.54 bits per heavy atom. The van der Waals surface area contributed by atoms with Gasteiger partial charge in [0.2, 0.25) is 0 Å². The number of hydrogen-bond acceptors (Lipinski definition) is 3. The zero-order chi connectivity index (χ0) is 16.9. The highest BCUT2D eigenvalue weighted by atomic mass is 35.5. The Morgan fingerprint density at radius 3 is 2.25 bits per heavy atom. The number of rotatable bonds is 4. The molecule has 0 saturated carbocycles. The first-order chi connectivity index (χ1) is 11.7. The van der Waals surface area contributed by atoms with Crippen molar-refractivity contribution in [2.24, 2.45) is 5.10 Å². The number of nitrogens with one attached hydrogen (secondary N) is 1. The third kappa shape index (κ3) is 3.58. The average Bonchev–Trinajstić information content (AvgIpc) is 2.58. The lowest BCUT2D eigenvalue weighted by Crippen LogP contribution is -1.95. The fourth-order valence-electron chi connectivity index (χ4n) is 2.41. The summed E-state index contributed by atoms with van der Waals surface area (Å²) in [6.07, 6.45) is 4.80. The van der Waals surface area contributed by atoms with Gasteiger partial charge in [0.25, 0.3) is 0 Å². The number of aromatic nitrogens is 1. The minimum absolute atomic E-state index is 0.423. The SMILES string of the molecule is Cc1ccccc1-c1ccccc1/C=N/Nc1c(Cl)cncc1Cl. The summed E-state index contributed by atoms with van der Waals surface area (Å²) in [4.78, 5) is 3.92. The van der Waals surface area contributed by atoms with Crippen LogP contribution in [-0.2, 0) is 0 Å². The van der Waals surface area contributed by atoms with Crippen molar-refractivity contribution in [1.29, 1.82) is 0 Å². The van der Waals surface area contributed by atoms with E-state index in [1.54, 1.807) is 6.21 Å². The molecule has 0 fully saturated rings. The van der Waals surface area contributed by atoms with Crippen LogP contribution in [0.15, 0.2) is 66.0 Å². The van der Waals surface area contributed by atoms with E-state index >= 15 is 0 Å². The normalized spacial score (nSPS) is 11.0. The van der Waals surface area contributed by atoms with Crippen molar-refractivity contribution >= 4 is 35.1 Å². The molecule has 0 aliphatic carbocycles. The van der Waals surface area contributed by atoms with Crippen LogP contribution in [0.3, 0.4) is 0 Å². The van der Waals surface area contributed by atoms with Crippen LogP contribution in [-0.4, -0.2) is 11.2 Å². The van der Waals surface area contributed by atoms with E-state index in [4.69, 9.17) is 23.2 Å². The van der Waals surface area contributed by atoms with Crippen molar-refractivity contribution in [1.82, 2.24) is 4.98 Å². The van der Waals surface area contributed by atoms with Gasteiger partial charge in [-0.3, -0.25) is 10.4 Å². The highest BCUT2D eigenvalue weighted by Crippen LogP contribution is 2.29. The van der Waals surface area contributed by atoms with Crippen molar-refractivity contribution in [3.63, 3.8) is 0 Å². The summed E-state index contributed by atoms with van der Waals surface area (Å²) in [6, 6.07) is 16.4. The minimum atomic E-state index is 0.423. The number of benzene rings is 2. The largest absolute Gasteiger partial charge is 0.275 e. The van der Waals surface area contributed by atoms with Crippen molar-refractivity contribution in [3.05, 3.63) is 82.1 Å². The minimum Gasteiger partial charge on any atom is -0.275 e. The van der Waals surface area contributed by atoms with Gasteiger partial charge in [0.1, 0.15) is 0 Å². The van der Waals surface area contributed by atoms with Gasteiger partial charge in [0.05, 0.1) is 21.9 Å². The van der Waals surface area contributed by atoms with Gasteiger partial charge in [-0.15, -0.1) is 0 Å². The molecule has 3 aromatic rings. The van der Waals surface area contributed by atoms with Gasteiger partial charge in [0.15, 0.2) is 0 Å². The van der Waals surface area contributed by atoms with Crippen molar-refractivity contribution in [2.75, 3.05) is 5.43 Å². The monoisotopic (exact) mass is 355 g/mol. The Kier molecular flexibility index (Phi) is 5.14. The van der Waals surface area contributed by atoms with E-state index in [1.165, 1.54) is 23.5 Å². The van der Waals surface area contributed by atoms with Crippen LogP contribution in [0, 0.1) is 6.92 Å². The topological polar surface area (TPSA) is 37.3 Å². The second-order valence-electron chi connectivity index (χ2n) is 5.25. The van der Waals surface area contributed by atoms with Crippen molar-refractivity contribution in [2.45, 2.75) is 6.92 Å². The van der Waals surface area contributed by atoms with Gasteiger partial charge in [0, 0.05) is 18.0 Å². The lowest BCUT2D eigenvalue weighted by Gasteiger charge is -2.09. The summed E-state index contributed by atoms with van der Waals surface area (Å²) in [7, 11) is 0. The molecule has 0 spiro atoms. The fourth-order valence-corrected chi connectivity index (χ4v) is 2.86. The van der Waals surface area contributed by atoms with Gasteiger partial charge in [-0.1, -0.05) is 71.7 Å². The summed E-state index contributed by atoms with van der Waals surface area (Å²) in [5, 5.41) is 5.12. The van der Waals surface area contributed by atoms with E-state index in [0.717, 1.165) is 11.1 Å². The van der Waals surface area contributed by atoms with Crippen LogP contribution < -0.4 is 5.43 Å². The number of hydrazone groups is 1. The quantitative estimate of drug-likeness (QED) is 0.473. The number of aryl methyl sites for hydroxylation is 1.